The van der Waals surface area contributed by atoms with Crippen LogP contribution in [0.4, 0.5) is 0 Å². The molecule has 19 heavy (non-hydrogen) atoms. The fraction of sp³-hybridized carbons (Fsp3) is 0.357. The smallest absolute Gasteiger partial charge is 0.130 e. The molecule has 1 unspecified atom stereocenters. The van der Waals surface area contributed by atoms with Crippen molar-refractivity contribution >= 4 is 15.9 Å². The second-order valence-corrected chi connectivity index (χ2v) is 5.35. The largest absolute Gasteiger partial charge is 0.487 e. The van der Waals surface area contributed by atoms with E-state index < -0.39 is 0 Å². The minimum atomic E-state index is -0.0563. The van der Waals surface area contributed by atoms with E-state index in [9.17, 15) is 0 Å². The summed E-state index contributed by atoms with van der Waals surface area (Å²) in [6.07, 6.45) is 3.64. The Morgan fingerprint density at radius 2 is 2.26 bits per heavy atom. The van der Waals surface area contributed by atoms with Crippen molar-refractivity contribution in [2.75, 3.05) is 0 Å². The van der Waals surface area contributed by atoms with Crippen LogP contribution in [-0.2, 0) is 13.2 Å². The molecule has 4 nitrogen and oxygen atoms in total. The van der Waals surface area contributed by atoms with Crippen LogP contribution in [0, 0.1) is 0 Å². The summed E-state index contributed by atoms with van der Waals surface area (Å²) in [5.41, 5.74) is 8.02. The normalized spacial score (nSPS) is 12.4. The van der Waals surface area contributed by atoms with Gasteiger partial charge in [0.05, 0.1) is 18.2 Å². The zero-order valence-electron chi connectivity index (χ0n) is 11.1. The number of aryl methyl sites for hydroxylation is 1. The summed E-state index contributed by atoms with van der Waals surface area (Å²) in [4.78, 5) is 4.13. The Balaban J connectivity index is 2.17. The molecule has 102 valence electrons. The van der Waals surface area contributed by atoms with Gasteiger partial charge < -0.3 is 15.0 Å². The molecule has 0 aliphatic carbocycles. The molecule has 0 amide bonds. The number of hydrogen-bond acceptors (Lipinski definition) is 3. The van der Waals surface area contributed by atoms with Gasteiger partial charge in [0, 0.05) is 22.6 Å². The van der Waals surface area contributed by atoms with Crippen molar-refractivity contribution in [1.82, 2.24) is 9.55 Å². The van der Waals surface area contributed by atoms with E-state index in [2.05, 4.69) is 32.4 Å². The summed E-state index contributed by atoms with van der Waals surface area (Å²) in [5.74, 6) is 0.813. The Morgan fingerprint density at radius 1 is 1.47 bits per heavy atom. The van der Waals surface area contributed by atoms with E-state index >= 15 is 0 Å². The average molecular weight is 324 g/mol. The number of nitrogens with zero attached hydrogens (tertiary/aromatic N) is 2. The summed E-state index contributed by atoms with van der Waals surface area (Å²) < 4.78 is 8.94. The summed E-state index contributed by atoms with van der Waals surface area (Å²) in [7, 11) is 0. The SMILES string of the molecule is CCn1cncc1COc1cc(Br)ccc1C(C)N. The maximum atomic E-state index is 5.96. The van der Waals surface area contributed by atoms with Gasteiger partial charge in [0.15, 0.2) is 0 Å². The number of benzene rings is 1. The Bertz CT molecular complexity index is 551. The number of aromatic nitrogens is 2. The summed E-state index contributed by atoms with van der Waals surface area (Å²) in [5, 5.41) is 0. The number of ether oxygens (including phenoxy) is 1. The Morgan fingerprint density at radius 3 is 2.95 bits per heavy atom. The van der Waals surface area contributed by atoms with E-state index in [1.165, 1.54) is 0 Å². The highest BCUT2D eigenvalue weighted by atomic mass is 79.9. The number of imidazole rings is 1. The molecule has 0 saturated heterocycles. The molecule has 0 aliphatic rings. The predicted molar refractivity (Wildman–Crippen MR) is 79.0 cm³/mol. The Hall–Kier alpha value is -1.33. The molecule has 1 atom stereocenters. The van der Waals surface area contributed by atoms with E-state index in [0.29, 0.717) is 6.61 Å². The van der Waals surface area contributed by atoms with Crippen LogP contribution in [0.15, 0.2) is 35.2 Å². The minimum Gasteiger partial charge on any atom is -0.487 e. The first kappa shape index (κ1) is 14.1. The number of rotatable bonds is 5. The van der Waals surface area contributed by atoms with Gasteiger partial charge in [-0.25, -0.2) is 4.98 Å². The predicted octanol–water partition coefficient (Wildman–Crippen LogP) is 3.26. The lowest BCUT2D eigenvalue weighted by atomic mass is 10.1. The fourth-order valence-electron chi connectivity index (χ4n) is 1.91. The molecule has 1 aromatic carbocycles. The molecule has 0 spiro atoms. The molecule has 2 N–H and O–H groups in total. The lowest BCUT2D eigenvalue weighted by Crippen LogP contribution is -2.09. The lowest BCUT2D eigenvalue weighted by Gasteiger charge is -2.15. The van der Waals surface area contributed by atoms with Crippen molar-refractivity contribution in [2.24, 2.45) is 5.73 Å². The van der Waals surface area contributed by atoms with Crippen molar-refractivity contribution in [3.8, 4) is 5.75 Å². The standard InChI is InChI=1S/C14H18BrN3O/c1-3-18-9-17-7-12(18)8-19-14-6-11(15)4-5-13(14)10(2)16/h4-7,9-10H,3,8,16H2,1-2H3. The van der Waals surface area contributed by atoms with E-state index in [1.54, 1.807) is 0 Å². The first-order chi connectivity index (χ1) is 9.11. The van der Waals surface area contributed by atoms with Crippen LogP contribution >= 0.6 is 15.9 Å². The molecule has 2 rings (SSSR count). The van der Waals surface area contributed by atoms with Crippen molar-refractivity contribution < 1.29 is 4.74 Å². The highest BCUT2D eigenvalue weighted by molar-refractivity contribution is 9.10. The second kappa shape index (κ2) is 6.21. The van der Waals surface area contributed by atoms with Gasteiger partial charge in [0.1, 0.15) is 12.4 Å². The topological polar surface area (TPSA) is 53.1 Å². The molecule has 0 radical (unpaired) electrons. The quantitative estimate of drug-likeness (QED) is 0.918. The highest BCUT2D eigenvalue weighted by Gasteiger charge is 2.10. The van der Waals surface area contributed by atoms with Gasteiger partial charge in [-0.2, -0.15) is 0 Å². The van der Waals surface area contributed by atoms with Gasteiger partial charge in [0.25, 0.3) is 0 Å². The summed E-state index contributed by atoms with van der Waals surface area (Å²) in [6.45, 7) is 5.41. The van der Waals surface area contributed by atoms with Gasteiger partial charge in [-0.15, -0.1) is 0 Å². The van der Waals surface area contributed by atoms with Crippen molar-refractivity contribution in [3.05, 3.63) is 46.5 Å². The van der Waals surface area contributed by atoms with E-state index in [1.807, 2.05) is 37.6 Å². The Labute approximate surface area is 121 Å². The van der Waals surface area contributed by atoms with Crippen LogP contribution < -0.4 is 10.5 Å². The first-order valence-corrected chi connectivity index (χ1v) is 7.08. The van der Waals surface area contributed by atoms with E-state index in [0.717, 1.165) is 28.0 Å². The van der Waals surface area contributed by atoms with Gasteiger partial charge in [-0.1, -0.05) is 22.0 Å². The molecule has 0 fully saturated rings. The molecule has 5 heteroatoms. The maximum Gasteiger partial charge on any atom is 0.130 e. The fourth-order valence-corrected chi connectivity index (χ4v) is 2.25. The zero-order chi connectivity index (χ0) is 13.8. The van der Waals surface area contributed by atoms with Gasteiger partial charge >= 0.3 is 0 Å². The third-order valence-electron chi connectivity index (χ3n) is 2.98. The van der Waals surface area contributed by atoms with Crippen molar-refractivity contribution in [2.45, 2.75) is 33.0 Å². The molecule has 0 bridgehead atoms. The van der Waals surface area contributed by atoms with Crippen LogP contribution in [-0.4, -0.2) is 9.55 Å². The van der Waals surface area contributed by atoms with Gasteiger partial charge in [-0.3, -0.25) is 0 Å². The number of nitrogens with two attached hydrogens (primary N) is 1. The number of hydrogen-bond donors (Lipinski definition) is 1. The lowest BCUT2D eigenvalue weighted by molar-refractivity contribution is 0.291. The average Bonchev–Trinajstić information content (AvgIpc) is 2.83. The van der Waals surface area contributed by atoms with Crippen molar-refractivity contribution in [3.63, 3.8) is 0 Å². The van der Waals surface area contributed by atoms with E-state index in [-0.39, 0.29) is 6.04 Å². The molecule has 0 aliphatic heterocycles. The van der Waals surface area contributed by atoms with Crippen LogP contribution in [0.3, 0.4) is 0 Å². The molecule has 1 heterocycles. The second-order valence-electron chi connectivity index (χ2n) is 4.43. The summed E-state index contributed by atoms with van der Waals surface area (Å²) >= 11 is 3.45. The summed E-state index contributed by atoms with van der Waals surface area (Å²) in [6, 6.07) is 5.85. The Kier molecular flexibility index (Phi) is 4.61. The maximum absolute atomic E-state index is 5.96. The van der Waals surface area contributed by atoms with E-state index in [4.69, 9.17) is 10.5 Å². The number of halogens is 1. The monoisotopic (exact) mass is 323 g/mol. The van der Waals surface area contributed by atoms with Gasteiger partial charge in [0.2, 0.25) is 0 Å². The highest BCUT2D eigenvalue weighted by Crippen LogP contribution is 2.28. The molecule has 0 saturated carbocycles. The van der Waals surface area contributed by atoms with Crippen LogP contribution in [0.2, 0.25) is 0 Å². The minimum absolute atomic E-state index is 0.0563. The van der Waals surface area contributed by atoms with Crippen molar-refractivity contribution in [1.29, 1.82) is 0 Å². The molecular weight excluding hydrogens is 306 g/mol. The third kappa shape index (κ3) is 3.36. The van der Waals surface area contributed by atoms with Crippen LogP contribution in [0.1, 0.15) is 31.1 Å². The molecular formula is C14H18BrN3O. The third-order valence-corrected chi connectivity index (χ3v) is 3.47. The zero-order valence-corrected chi connectivity index (χ0v) is 12.7. The molecule has 1 aromatic heterocycles. The van der Waals surface area contributed by atoms with Crippen LogP contribution in [0.25, 0.3) is 0 Å². The van der Waals surface area contributed by atoms with Crippen LogP contribution in [0.5, 0.6) is 5.75 Å². The first-order valence-electron chi connectivity index (χ1n) is 6.28. The molecule has 2 aromatic rings. The van der Waals surface area contributed by atoms with Gasteiger partial charge in [-0.05, 0) is 26.0 Å².